The van der Waals surface area contributed by atoms with Crippen molar-refractivity contribution >= 4 is 35.3 Å². The van der Waals surface area contributed by atoms with Crippen molar-refractivity contribution in [3.63, 3.8) is 0 Å². The van der Waals surface area contributed by atoms with Gasteiger partial charge in [-0.1, -0.05) is 35.5 Å². The number of methoxy groups -OCH3 is 2. The highest BCUT2D eigenvalue weighted by molar-refractivity contribution is 7.99. The molecular formula is C16H13ClO4S. The first kappa shape index (κ1) is 16.4. The van der Waals surface area contributed by atoms with Crippen molar-refractivity contribution in [1.29, 1.82) is 0 Å². The Morgan fingerprint density at radius 2 is 1.50 bits per heavy atom. The normalized spacial score (nSPS) is 10.1. The number of halogens is 1. The maximum atomic E-state index is 11.8. The summed E-state index contributed by atoms with van der Waals surface area (Å²) in [5, 5.41) is 0.491. The SMILES string of the molecule is COC(=O)c1ccccc1Sc1cc(Cl)ccc1C(=O)OC. The number of carbonyl (C=O) groups excluding carboxylic acids is 2. The second kappa shape index (κ2) is 7.33. The summed E-state index contributed by atoms with van der Waals surface area (Å²) in [5.41, 5.74) is 0.808. The van der Waals surface area contributed by atoms with E-state index in [4.69, 9.17) is 21.1 Å². The average molecular weight is 337 g/mol. The lowest BCUT2D eigenvalue weighted by atomic mass is 10.2. The van der Waals surface area contributed by atoms with Gasteiger partial charge in [0, 0.05) is 14.8 Å². The van der Waals surface area contributed by atoms with Crippen molar-refractivity contribution in [2.45, 2.75) is 9.79 Å². The molecule has 2 aromatic carbocycles. The molecule has 0 amide bonds. The van der Waals surface area contributed by atoms with Crippen molar-refractivity contribution in [3.8, 4) is 0 Å². The maximum absolute atomic E-state index is 11.8. The van der Waals surface area contributed by atoms with Gasteiger partial charge in [-0.05, 0) is 30.3 Å². The summed E-state index contributed by atoms with van der Waals surface area (Å²) in [6, 6.07) is 11.9. The summed E-state index contributed by atoms with van der Waals surface area (Å²) >= 11 is 7.26. The van der Waals surface area contributed by atoms with Crippen LogP contribution in [0.25, 0.3) is 0 Å². The zero-order valence-corrected chi connectivity index (χ0v) is 13.5. The van der Waals surface area contributed by atoms with E-state index in [1.807, 2.05) is 0 Å². The van der Waals surface area contributed by atoms with Crippen LogP contribution in [-0.2, 0) is 9.47 Å². The molecule has 6 heteroatoms. The Hall–Kier alpha value is -1.98. The average Bonchev–Trinajstić information content (AvgIpc) is 2.54. The monoisotopic (exact) mass is 336 g/mol. The fourth-order valence-electron chi connectivity index (χ4n) is 1.81. The minimum atomic E-state index is -0.463. The van der Waals surface area contributed by atoms with Crippen molar-refractivity contribution in [2.24, 2.45) is 0 Å². The molecule has 0 N–H and O–H groups in total. The van der Waals surface area contributed by atoms with E-state index < -0.39 is 11.9 Å². The summed E-state index contributed by atoms with van der Waals surface area (Å²) in [4.78, 5) is 24.9. The molecule has 0 saturated carbocycles. The van der Waals surface area contributed by atoms with Crippen LogP contribution in [0.5, 0.6) is 0 Å². The van der Waals surface area contributed by atoms with Gasteiger partial charge in [-0.25, -0.2) is 9.59 Å². The van der Waals surface area contributed by atoms with Crippen LogP contribution < -0.4 is 0 Å². The molecule has 0 fully saturated rings. The standard InChI is InChI=1S/C16H13ClO4S/c1-20-15(18)11-5-3-4-6-13(11)22-14-9-10(17)7-8-12(14)16(19)21-2/h3-9H,1-2H3. The molecule has 2 aromatic rings. The first-order chi connectivity index (χ1) is 10.6. The van der Waals surface area contributed by atoms with Crippen LogP contribution >= 0.6 is 23.4 Å². The molecule has 0 aliphatic rings. The Labute approximate surface area is 137 Å². The predicted molar refractivity (Wildman–Crippen MR) is 84.7 cm³/mol. The Kier molecular flexibility index (Phi) is 5.46. The quantitative estimate of drug-likeness (QED) is 0.788. The third-order valence-corrected chi connectivity index (χ3v) is 4.23. The molecule has 114 valence electrons. The van der Waals surface area contributed by atoms with E-state index in [1.165, 1.54) is 26.0 Å². The van der Waals surface area contributed by atoms with Gasteiger partial charge in [0.1, 0.15) is 0 Å². The molecule has 0 aliphatic heterocycles. The second-order valence-corrected chi connectivity index (χ2v) is 5.74. The highest BCUT2D eigenvalue weighted by Gasteiger charge is 2.17. The lowest BCUT2D eigenvalue weighted by Crippen LogP contribution is -2.05. The van der Waals surface area contributed by atoms with Crippen molar-refractivity contribution in [2.75, 3.05) is 14.2 Å². The summed E-state index contributed by atoms with van der Waals surface area (Å²) in [6.07, 6.45) is 0. The Balaban J connectivity index is 2.45. The van der Waals surface area contributed by atoms with E-state index in [-0.39, 0.29) is 0 Å². The third kappa shape index (κ3) is 3.61. The Morgan fingerprint density at radius 3 is 2.14 bits per heavy atom. The summed E-state index contributed by atoms with van der Waals surface area (Å²) < 4.78 is 9.53. The number of benzene rings is 2. The maximum Gasteiger partial charge on any atom is 0.339 e. The lowest BCUT2D eigenvalue weighted by Gasteiger charge is -2.10. The molecule has 0 aliphatic carbocycles. The first-order valence-electron chi connectivity index (χ1n) is 6.30. The van der Waals surface area contributed by atoms with Gasteiger partial charge in [-0.3, -0.25) is 0 Å². The molecular weight excluding hydrogens is 324 g/mol. The highest BCUT2D eigenvalue weighted by atomic mass is 35.5. The van der Waals surface area contributed by atoms with Gasteiger partial charge in [0.15, 0.2) is 0 Å². The van der Waals surface area contributed by atoms with E-state index in [2.05, 4.69) is 0 Å². The van der Waals surface area contributed by atoms with E-state index in [9.17, 15) is 9.59 Å². The van der Waals surface area contributed by atoms with Crippen LogP contribution in [0.15, 0.2) is 52.3 Å². The predicted octanol–water partition coefficient (Wildman–Crippen LogP) is 4.06. The molecule has 0 heterocycles. The Bertz CT molecular complexity index is 715. The zero-order valence-electron chi connectivity index (χ0n) is 12.0. The van der Waals surface area contributed by atoms with Gasteiger partial charge in [-0.2, -0.15) is 0 Å². The van der Waals surface area contributed by atoms with Gasteiger partial charge in [0.05, 0.1) is 25.3 Å². The van der Waals surface area contributed by atoms with Crippen LogP contribution in [0, 0.1) is 0 Å². The number of esters is 2. The molecule has 22 heavy (non-hydrogen) atoms. The summed E-state index contributed by atoms with van der Waals surface area (Å²) in [5.74, 6) is -0.903. The van der Waals surface area contributed by atoms with Gasteiger partial charge in [0.2, 0.25) is 0 Å². The smallest absolute Gasteiger partial charge is 0.339 e. The molecule has 0 spiro atoms. The van der Waals surface area contributed by atoms with Crippen LogP contribution in [-0.4, -0.2) is 26.2 Å². The molecule has 0 bridgehead atoms. The zero-order chi connectivity index (χ0) is 16.1. The lowest BCUT2D eigenvalue weighted by molar-refractivity contribution is 0.0589. The fraction of sp³-hybridized carbons (Fsp3) is 0.125. The second-order valence-electron chi connectivity index (χ2n) is 4.22. The molecule has 0 saturated heterocycles. The molecule has 0 atom stereocenters. The summed E-state index contributed by atoms with van der Waals surface area (Å²) in [6.45, 7) is 0. The fourth-order valence-corrected chi connectivity index (χ4v) is 3.14. The summed E-state index contributed by atoms with van der Waals surface area (Å²) in [7, 11) is 2.64. The topological polar surface area (TPSA) is 52.6 Å². The number of hydrogen-bond acceptors (Lipinski definition) is 5. The van der Waals surface area contributed by atoms with Gasteiger partial charge < -0.3 is 9.47 Å². The van der Waals surface area contributed by atoms with Crippen molar-refractivity contribution in [1.82, 2.24) is 0 Å². The van der Waals surface area contributed by atoms with Gasteiger partial charge in [0.25, 0.3) is 0 Å². The molecule has 0 aromatic heterocycles. The van der Waals surface area contributed by atoms with E-state index in [0.29, 0.717) is 25.9 Å². The van der Waals surface area contributed by atoms with Crippen LogP contribution in [0.1, 0.15) is 20.7 Å². The van der Waals surface area contributed by atoms with E-state index in [0.717, 1.165) is 0 Å². The minimum absolute atomic E-state index is 0.386. The van der Waals surface area contributed by atoms with Crippen LogP contribution in [0.2, 0.25) is 5.02 Å². The van der Waals surface area contributed by atoms with E-state index >= 15 is 0 Å². The minimum Gasteiger partial charge on any atom is -0.465 e. The molecule has 0 unspecified atom stereocenters. The van der Waals surface area contributed by atoms with Gasteiger partial charge in [-0.15, -0.1) is 0 Å². The number of rotatable bonds is 4. The largest absolute Gasteiger partial charge is 0.465 e. The highest BCUT2D eigenvalue weighted by Crippen LogP contribution is 2.35. The van der Waals surface area contributed by atoms with Crippen LogP contribution in [0.4, 0.5) is 0 Å². The third-order valence-electron chi connectivity index (χ3n) is 2.86. The first-order valence-corrected chi connectivity index (χ1v) is 7.49. The van der Waals surface area contributed by atoms with E-state index in [1.54, 1.807) is 42.5 Å². The number of carbonyl (C=O) groups is 2. The van der Waals surface area contributed by atoms with Gasteiger partial charge >= 0.3 is 11.9 Å². The molecule has 4 nitrogen and oxygen atoms in total. The number of hydrogen-bond donors (Lipinski definition) is 0. The Morgan fingerprint density at radius 1 is 0.909 bits per heavy atom. The van der Waals surface area contributed by atoms with Crippen molar-refractivity contribution < 1.29 is 19.1 Å². The van der Waals surface area contributed by atoms with Crippen molar-refractivity contribution in [3.05, 3.63) is 58.6 Å². The molecule has 2 rings (SSSR count). The number of ether oxygens (including phenoxy) is 2. The molecule has 0 radical (unpaired) electrons. The van der Waals surface area contributed by atoms with Crippen LogP contribution in [0.3, 0.4) is 0 Å².